The van der Waals surface area contributed by atoms with E-state index in [0.717, 1.165) is 31.2 Å². The highest BCUT2D eigenvalue weighted by Gasteiger charge is 2.29. The van der Waals surface area contributed by atoms with E-state index < -0.39 is 0 Å². The van der Waals surface area contributed by atoms with E-state index in [9.17, 15) is 0 Å². The first kappa shape index (κ1) is 11.5. The second kappa shape index (κ2) is 4.93. The van der Waals surface area contributed by atoms with Crippen molar-refractivity contribution in [3.63, 3.8) is 0 Å². The minimum absolute atomic E-state index is 0.251. The van der Waals surface area contributed by atoms with E-state index in [2.05, 4.69) is 27.3 Å². The van der Waals surface area contributed by atoms with Gasteiger partial charge in [-0.1, -0.05) is 12.1 Å². The van der Waals surface area contributed by atoms with Crippen LogP contribution in [0.1, 0.15) is 31.1 Å². The molecule has 2 atom stereocenters. The predicted molar refractivity (Wildman–Crippen MR) is 61.1 cm³/mol. The normalized spacial score (nSPS) is 25.5. The van der Waals surface area contributed by atoms with Gasteiger partial charge >= 0.3 is 0 Å². The largest absolute Gasteiger partial charge is 0.338 e. The molecule has 0 amide bonds. The molecular formula is C11H20N4O. The maximum atomic E-state index is 5.31. The van der Waals surface area contributed by atoms with Crippen LogP contribution in [0.25, 0.3) is 0 Å². The van der Waals surface area contributed by atoms with Crippen molar-refractivity contribution in [2.75, 3.05) is 27.2 Å². The number of rotatable bonds is 4. The van der Waals surface area contributed by atoms with Gasteiger partial charge in [-0.05, 0) is 33.0 Å². The van der Waals surface area contributed by atoms with Gasteiger partial charge in [0.15, 0.2) is 5.82 Å². The van der Waals surface area contributed by atoms with Crippen LogP contribution in [0.4, 0.5) is 0 Å². The predicted octanol–water partition coefficient (Wildman–Crippen LogP) is 0.844. The van der Waals surface area contributed by atoms with Crippen molar-refractivity contribution in [1.29, 1.82) is 0 Å². The first-order chi connectivity index (χ1) is 7.66. The number of likely N-dealkylation sites (N-methyl/N-ethyl adjacent to an activating group) is 1. The van der Waals surface area contributed by atoms with Crippen molar-refractivity contribution in [3.8, 4) is 0 Å². The molecule has 2 rings (SSSR count). The monoisotopic (exact) mass is 224 g/mol. The smallest absolute Gasteiger partial charge is 0.244 e. The van der Waals surface area contributed by atoms with Gasteiger partial charge in [0.05, 0.1) is 6.04 Å². The SMILES string of the molecule is CC1CCNC1c1nc(CCN(C)C)no1. The van der Waals surface area contributed by atoms with Crippen LogP contribution < -0.4 is 5.32 Å². The summed E-state index contributed by atoms with van der Waals surface area (Å²) >= 11 is 0. The van der Waals surface area contributed by atoms with Crippen LogP contribution in [-0.4, -0.2) is 42.2 Å². The minimum atomic E-state index is 0.251. The van der Waals surface area contributed by atoms with Crippen molar-refractivity contribution in [3.05, 3.63) is 11.7 Å². The summed E-state index contributed by atoms with van der Waals surface area (Å²) in [7, 11) is 4.09. The average Bonchev–Trinajstić information content (AvgIpc) is 2.83. The van der Waals surface area contributed by atoms with Gasteiger partial charge in [-0.2, -0.15) is 4.98 Å². The molecule has 1 aliphatic rings. The fraction of sp³-hybridized carbons (Fsp3) is 0.818. The lowest BCUT2D eigenvalue weighted by atomic mass is 10.0. The lowest BCUT2D eigenvalue weighted by Gasteiger charge is -2.09. The van der Waals surface area contributed by atoms with Gasteiger partial charge in [0.1, 0.15) is 0 Å². The molecule has 0 radical (unpaired) electrons. The van der Waals surface area contributed by atoms with Crippen LogP contribution >= 0.6 is 0 Å². The Morgan fingerprint density at radius 2 is 2.31 bits per heavy atom. The molecule has 0 aromatic carbocycles. The molecule has 1 N–H and O–H groups in total. The van der Waals surface area contributed by atoms with E-state index in [4.69, 9.17) is 4.52 Å². The van der Waals surface area contributed by atoms with Crippen LogP contribution in [0.2, 0.25) is 0 Å². The van der Waals surface area contributed by atoms with E-state index in [1.54, 1.807) is 0 Å². The Labute approximate surface area is 96.2 Å². The molecule has 0 bridgehead atoms. The third kappa shape index (κ3) is 2.59. The van der Waals surface area contributed by atoms with Gasteiger partial charge < -0.3 is 14.7 Å². The highest BCUT2D eigenvalue weighted by Crippen LogP contribution is 2.27. The summed E-state index contributed by atoms with van der Waals surface area (Å²) < 4.78 is 5.31. The molecule has 2 heterocycles. The van der Waals surface area contributed by atoms with Gasteiger partial charge in [-0.25, -0.2) is 0 Å². The highest BCUT2D eigenvalue weighted by atomic mass is 16.5. The summed E-state index contributed by atoms with van der Waals surface area (Å²) in [5.74, 6) is 2.14. The number of hydrogen-bond donors (Lipinski definition) is 1. The number of hydrogen-bond acceptors (Lipinski definition) is 5. The quantitative estimate of drug-likeness (QED) is 0.821. The van der Waals surface area contributed by atoms with E-state index in [1.165, 1.54) is 6.42 Å². The molecule has 1 saturated heterocycles. The summed E-state index contributed by atoms with van der Waals surface area (Å²) in [6.45, 7) is 4.21. The van der Waals surface area contributed by atoms with Gasteiger partial charge in [0, 0.05) is 13.0 Å². The molecular weight excluding hydrogens is 204 g/mol. The Morgan fingerprint density at radius 1 is 1.50 bits per heavy atom. The molecule has 2 unspecified atom stereocenters. The zero-order valence-corrected chi connectivity index (χ0v) is 10.2. The minimum Gasteiger partial charge on any atom is -0.338 e. The number of nitrogens with one attached hydrogen (secondary N) is 1. The Bertz CT molecular complexity index is 336. The van der Waals surface area contributed by atoms with Crippen molar-refractivity contribution >= 4 is 0 Å². The van der Waals surface area contributed by atoms with Crippen molar-refractivity contribution in [1.82, 2.24) is 20.4 Å². The lowest BCUT2D eigenvalue weighted by molar-refractivity contribution is 0.315. The van der Waals surface area contributed by atoms with Crippen LogP contribution in [0.5, 0.6) is 0 Å². The molecule has 1 aliphatic heterocycles. The van der Waals surface area contributed by atoms with Crippen molar-refractivity contribution in [2.24, 2.45) is 5.92 Å². The molecule has 16 heavy (non-hydrogen) atoms. The Morgan fingerprint density at radius 3 is 2.94 bits per heavy atom. The average molecular weight is 224 g/mol. The molecule has 5 nitrogen and oxygen atoms in total. The summed E-state index contributed by atoms with van der Waals surface area (Å²) in [4.78, 5) is 6.57. The zero-order chi connectivity index (χ0) is 11.5. The Hall–Kier alpha value is -0.940. The van der Waals surface area contributed by atoms with Crippen LogP contribution in [0, 0.1) is 5.92 Å². The van der Waals surface area contributed by atoms with E-state index in [-0.39, 0.29) is 6.04 Å². The maximum absolute atomic E-state index is 5.31. The lowest BCUT2D eigenvalue weighted by Crippen LogP contribution is -2.17. The fourth-order valence-electron chi connectivity index (χ4n) is 1.98. The van der Waals surface area contributed by atoms with Crippen LogP contribution in [-0.2, 0) is 6.42 Å². The number of aromatic nitrogens is 2. The summed E-state index contributed by atoms with van der Waals surface area (Å²) in [5, 5.41) is 7.41. The number of nitrogens with zero attached hydrogens (tertiary/aromatic N) is 3. The molecule has 5 heteroatoms. The third-order valence-corrected chi connectivity index (χ3v) is 3.07. The standard InChI is InChI=1S/C11H20N4O/c1-8-4-6-12-10(8)11-13-9(14-16-11)5-7-15(2)3/h8,10,12H,4-7H2,1-3H3. The van der Waals surface area contributed by atoms with Crippen LogP contribution in [0.15, 0.2) is 4.52 Å². The molecule has 0 aliphatic carbocycles. The molecule has 90 valence electrons. The zero-order valence-electron chi connectivity index (χ0n) is 10.2. The maximum Gasteiger partial charge on any atom is 0.244 e. The topological polar surface area (TPSA) is 54.2 Å². The third-order valence-electron chi connectivity index (χ3n) is 3.07. The van der Waals surface area contributed by atoms with Crippen molar-refractivity contribution < 1.29 is 4.52 Å². The van der Waals surface area contributed by atoms with Crippen LogP contribution in [0.3, 0.4) is 0 Å². The van der Waals surface area contributed by atoms with Gasteiger partial charge in [-0.15, -0.1) is 0 Å². The summed E-state index contributed by atoms with van der Waals surface area (Å²) in [5.41, 5.74) is 0. The first-order valence-corrected chi connectivity index (χ1v) is 5.87. The Kier molecular flexibility index (Phi) is 3.56. The van der Waals surface area contributed by atoms with E-state index in [0.29, 0.717) is 5.92 Å². The first-order valence-electron chi connectivity index (χ1n) is 5.87. The molecule has 0 saturated carbocycles. The van der Waals surface area contributed by atoms with Gasteiger partial charge in [0.25, 0.3) is 0 Å². The molecule has 0 spiro atoms. The van der Waals surface area contributed by atoms with Crippen molar-refractivity contribution in [2.45, 2.75) is 25.8 Å². The molecule has 1 aromatic rings. The summed E-state index contributed by atoms with van der Waals surface area (Å²) in [6.07, 6.45) is 2.03. The van der Waals surface area contributed by atoms with E-state index >= 15 is 0 Å². The summed E-state index contributed by atoms with van der Waals surface area (Å²) in [6, 6.07) is 0.251. The fourth-order valence-corrected chi connectivity index (χ4v) is 1.98. The van der Waals surface area contributed by atoms with E-state index in [1.807, 2.05) is 14.1 Å². The second-order valence-corrected chi connectivity index (χ2v) is 4.80. The molecule has 1 aromatic heterocycles. The second-order valence-electron chi connectivity index (χ2n) is 4.80. The molecule has 1 fully saturated rings. The Balaban J connectivity index is 1.96. The van der Waals surface area contributed by atoms with Gasteiger partial charge in [-0.3, -0.25) is 0 Å². The van der Waals surface area contributed by atoms with Gasteiger partial charge in [0.2, 0.25) is 5.89 Å². The highest BCUT2D eigenvalue weighted by molar-refractivity contribution is 4.98.